The zero-order valence-electron chi connectivity index (χ0n) is 21.9. The van der Waals surface area contributed by atoms with E-state index in [9.17, 15) is 9.59 Å². The van der Waals surface area contributed by atoms with Crippen LogP contribution in [0.3, 0.4) is 0 Å². The average Bonchev–Trinajstić information content (AvgIpc) is 3.50. The lowest BCUT2D eigenvalue weighted by Gasteiger charge is -2.17. The first-order valence-corrected chi connectivity index (χ1v) is 13.0. The summed E-state index contributed by atoms with van der Waals surface area (Å²) in [6, 6.07) is 22.5. The summed E-state index contributed by atoms with van der Waals surface area (Å²) in [4.78, 5) is 30.3. The summed E-state index contributed by atoms with van der Waals surface area (Å²) < 4.78 is 20.4. The fraction of sp³-hybridized carbons (Fsp3) is 0.300. The van der Waals surface area contributed by atoms with Gasteiger partial charge in [0.05, 0.1) is 30.4 Å². The molecule has 2 heterocycles. The Hall–Kier alpha value is -4.24. The maximum Gasteiger partial charge on any atom is 0.414 e. The minimum absolute atomic E-state index is 0.00783. The lowest BCUT2D eigenvalue weighted by atomic mass is 9.93. The zero-order chi connectivity index (χ0) is 27.4. The number of ether oxygens (including phenoxy) is 1. The van der Waals surface area contributed by atoms with Crippen LogP contribution in [0.1, 0.15) is 25.0 Å². The first kappa shape index (κ1) is 26.4. The van der Waals surface area contributed by atoms with E-state index in [4.69, 9.17) is 9.57 Å². The molecule has 1 fully saturated rings. The summed E-state index contributed by atoms with van der Waals surface area (Å²) in [5.74, 6) is -0.487. The summed E-state index contributed by atoms with van der Waals surface area (Å²) in [6.45, 7) is 5.26. The van der Waals surface area contributed by atoms with Crippen molar-refractivity contribution < 1.29 is 23.6 Å². The zero-order valence-corrected chi connectivity index (χ0v) is 21.9. The predicted molar refractivity (Wildman–Crippen MR) is 147 cm³/mol. The molecule has 5 rings (SSSR count). The number of carbonyl (C=O) groups is 2. The molecule has 9 heteroatoms. The van der Waals surface area contributed by atoms with Crippen LogP contribution in [-0.2, 0) is 20.9 Å². The third-order valence-corrected chi connectivity index (χ3v) is 6.98. The number of oxime groups is 1. The molecule has 0 saturated carbocycles. The van der Waals surface area contributed by atoms with Gasteiger partial charge in [-0.05, 0) is 41.8 Å². The van der Waals surface area contributed by atoms with Crippen molar-refractivity contribution in [2.24, 2.45) is 11.1 Å². The minimum atomic E-state index is -0.560. The van der Waals surface area contributed by atoms with Crippen LogP contribution in [-0.4, -0.2) is 49.6 Å². The van der Waals surface area contributed by atoms with Crippen molar-refractivity contribution in [1.82, 2.24) is 10.6 Å². The van der Waals surface area contributed by atoms with Crippen molar-refractivity contribution in [2.45, 2.75) is 32.6 Å². The molecule has 1 saturated heterocycles. The number of rotatable bonds is 9. The lowest BCUT2D eigenvalue weighted by molar-refractivity contribution is -0.119. The van der Waals surface area contributed by atoms with E-state index in [0.717, 1.165) is 28.9 Å². The topological polar surface area (TPSA) is 92.3 Å². The molecule has 39 heavy (non-hydrogen) atoms. The SMILES string of the molecule is CC(=O)NC[C@H]1CN(c2ccc(-c3ccc(CNCC4C(c5ccccc5)=NOC4C)cc3)c(F)c2)C(=O)O1. The van der Waals surface area contributed by atoms with Crippen LogP contribution in [0.5, 0.6) is 0 Å². The standard InChI is InChI=1S/C30H31FN4O4/c1-19-27(29(34-39-19)23-6-4-3-5-7-23)17-32-15-21-8-10-22(11-9-21)26-13-12-24(14-28(26)31)35-18-25(38-30(35)37)16-33-20(2)36/h3-14,19,25,27,32H,15-18H2,1-2H3,(H,33,36)/t19?,25-,27?/m0/s1. The molecule has 3 aromatic rings. The van der Waals surface area contributed by atoms with Gasteiger partial charge in [-0.1, -0.05) is 59.8 Å². The van der Waals surface area contributed by atoms with Crippen molar-refractivity contribution >= 4 is 23.4 Å². The number of cyclic esters (lactones) is 1. The smallest absolute Gasteiger partial charge is 0.414 e. The third-order valence-electron chi connectivity index (χ3n) is 6.98. The first-order chi connectivity index (χ1) is 18.9. The third kappa shape index (κ3) is 6.09. The Morgan fingerprint density at radius 3 is 2.54 bits per heavy atom. The Bertz CT molecular complexity index is 1360. The molecule has 0 spiro atoms. The van der Waals surface area contributed by atoms with E-state index in [1.54, 1.807) is 12.1 Å². The van der Waals surface area contributed by atoms with E-state index < -0.39 is 18.0 Å². The van der Waals surface area contributed by atoms with Crippen LogP contribution >= 0.6 is 0 Å². The van der Waals surface area contributed by atoms with Gasteiger partial charge in [-0.25, -0.2) is 9.18 Å². The largest absolute Gasteiger partial charge is 0.442 e. The minimum Gasteiger partial charge on any atom is -0.442 e. The molecule has 3 aromatic carbocycles. The van der Waals surface area contributed by atoms with Crippen LogP contribution in [0.4, 0.5) is 14.9 Å². The normalized spacial score (nSPS) is 20.4. The van der Waals surface area contributed by atoms with Crippen molar-refractivity contribution in [3.05, 3.63) is 89.7 Å². The van der Waals surface area contributed by atoms with Gasteiger partial charge in [-0.2, -0.15) is 0 Å². The van der Waals surface area contributed by atoms with Gasteiger partial charge in [0.25, 0.3) is 0 Å². The van der Waals surface area contributed by atoms with Crippen molar-refractivity contribution in [3.8, 4) is 11.1 Å². The van der Waals surface area contributed by atoms with Gasteiger partial charge in [0, 0.05) is 25.6 Å². The van der Waals surface area contributed by atoms with Crippen LogP contribution in [0.15, 0.2) is 78.0 Å². The van der Waals surface area contributed by atoms with E-state index in [2.05, 4.69) is 15.8 Å². The number of anilines is 1. The van der Waals surface area contributed by atoms with E-state index in [0.29, 0.717) is 17.8 Å². The molecule has 2 N–H and O–H groups in total. The number of amides is 2. The van der Waals surface area contributed by atoms with Gasteiger partial charge in [0.15, 0.2) is 0 Å². The average molecular weight is 531 g/mol. The predicted octanol–water partition coefficient (Wildman–Crippen LogP) is 4.48. The highest BCUT2D eigenvalue weighted by Gasteiger charge is 2.33. The molecule has 0 radical (unpaired) electrons. The fourth-order valence-electron chi connectivity index (χ4n) is 4.82. The van der Waals surface area contributed by atoms with Crippen molar-refractivity contribution in [2.75, 3.05) is 24.5 Å². The Morgan fingerprint density at radius 1 is 1.05 bits per heavy atom. The van der Waals surface area contributed by atoms with Crippen LogP contribution in [0.25, 0.3) is 11.1 Å². The van der Waals surface area contributed by atoms with Crippen LogP contribution in [0.2, 0.25) is 0 Å². The lowest BCUT2D eigenvalue weighted by Crippen LogP contribution is -2.33. The van der Waals surface area contributed by atoms with Gasteiger partial charge in [-0.15, -0.1) is 0 Å². The molecule has 2 aliphatic rings. The summed E-state index contributed by atoms with van der Waals surface area (Å²) in [7, 11) is 0. The summed E-state index contributed by atoms with van der Waals surface area (Å²) in [5.41, 5.74) is 4.70. The molecule has 2 unspecified atom stereocenters. The highest BCUT2D eigenvalue weighted by Crippen LogP contribution is 2.29. The summed E-state index contributed by atoms with van der Waals surface area (Å²) >= 11 is 0. The molecule has 0 aliphatic carbocycles. The highest BCUT2D eigenvalue weighted by molar-refractivity contribution is 6.03. The Kier molecular flexibility index (Phi) is 7.88. The second-order valence-corrected chi connectivity index (χ2v) is 9.81. The van der Waals surface area contributed by atoms with Gasteiger partial charge in [0.2, 0.25) is 5.91 Å². The number of carbonyl (C=O) groups excluding carboxylic acids is 2. The molecule has 202 valence electrons. The maximum atomic E-state index is 15.1. The molecule has 2 aliphatic heterocycles. The summed E-state index contributed by atoms with van der Waals surface area (Å²) in [6.07, 6.45) is -1.05. The molecule has 0 aromatic heterocycles. The van der Waals surface area contributed by atoms with Crippen LogP contribution in [0, 0.1) is 11.7 Å². The monoisotopic (exact) mass is 530 g/mol. The number of benzene rings is 3. The number of hydrogen-bond donors (Lipinski definition) is 2. The van der Waals surface area contributed by atoms with Crippen LogP contribution < -0.4 is 15.5 Å². The molecule has 0 bridgehead atoms. The van der Waals surface area contributed by atoms with E-state index in [1.165, 1.54) is 17.9 Å². The van der Waals surface area contributed by atoms with Crippen molar-refractivity contribution in [1.29, 1.82) is 0 Å². The molecule has 8 nitrogen and oxygen atoms in total. The molecule has 2 amide bonds. The van der Waals surface area contributed by atoms with Crippen molar-refractivity contribution in [3.63, 3.8) is 0 Å². The second-order valence-electron chi connectivity index (χ2n) is 9.81. The first-order valence-electron chi connectivity index (χ1n) is 13.0. The molecular formula is C30H31FN4O4. The van der Waals surface area contributed by atoms with Gasteiger partial charge in [0.1, 0.15) is 18.0 Å². The van der Waals surface area contributed by atoms with E-state index in [-0.39, 0.29) is 31.0 Å². The quantitative estimate of drug-likeness (QED) is 0.426. The maximum absolute atomic E-state index is 15.1. The number of nitrogens with zero attached hydrogens (tertiary/aromatic N) is 2. The number of halogens is 1. The van der Waals surface area contributed by atoms with Gasteiger partial charge in [-0.3, -0.25) is 9.69 Å². The Balaban J connectivity index is 1.18. The number of hydrogen-bond acceptors (Lipinski definition) is 6. The Labute approximate surface area is 226 Å². The molecule has 3 atom stereocenters. The van der Waals surface area contributed by atoms with Gasteiger partial charge < -0.3 is 20.2 Å². The van der Waals surface area contributed by atoms with E-state index in [1.807, 2.05) is 61.5 Å². The second kappa shape index (κ2) is 11.7. The summed E-state index contributed by atoms with van der Waals surface area (Å²) in [5, 5.41) is 10.4. The van der Waals surface area contributed by atoms with E-state index >= 15 is 4.39 Å². The Morgan fingerprint density at radius 2 is 1.82 bits per heavy atom. The molecular weight excluding hydrogens is 499 g/mol. The fourth-order valence-corrected chi connectivity index (χ4v) is 4.82. The number of nitrogens with one attached hydrogen (secondary N) is 2. The van der Waals surface area contributed by atoms with Gasteiger partial charge >= 0.3 is 6.09 Å². The highest BCUT2D eigenvalue weighted by atomic mass is 19.1.